The predicted octanol–water partition coefficient (Wildman–Crippen LogP) is 1.82. The lowest BCUT2D eigenvalue weighted by Gasteiger charge is -2.22. The molecule has 2 rings (SSSR count). The normalized spacial score (nSPS) is 27.3. The molecule has 0 radical (unpaired) electrons. The van der Waals surface area contributed by atoms with E-state index >= 15 is 0 Å². The van der Waals surface area contributed by atoms with Crippen LogP contribution in [-0.2, 0) is 13.0 Å². The SMILES string of the molecule is C[C@H]1Cc2onc(CN)c2[C@@H](C)C1. The van der Waals surface area contributed by atoms with E-state index in [9.17, 15) is 0 Å². The van der Waals surface area contributed by atoms with E-state index in [2.05, 4.69) is 19.0 Å². The summed E-state index contributed by atoms with van der Waals surface area (Å²) in [6, 6.07) is 0. The van der Waals surface area contributed by atoms with Crippen molar-refractivity contribution in [3.8, 4) is 0 Å². The Labute approximate surface area is 78.3 Å². The molecule has 1 aromatic rings. The second-order valence-corrected chi connectivity index (χ2v) is 4.12. The number of rotatable bonds is 1. The topological polar surface area (TPSA) is 52.0 Å². The first-order valence-corrected chi connectivity index (χ1v) is 4.89. The summed E-state index contributed by atoms with van der Waals surface area (Å²) in [5.74, 6) is 2.33. The molecule has 2 N–H and O–H groups in total. The number of hydrogen-bond donors (Lipinski definition) is 1. The van der Waals surface area contributed by atoms with Crippen molar-refractivity contribution < 1.29 is 4.52 Å². The van der Waals surface area contributed by atoms with Crippen molar-refractivity contribution >= 4 is 0 Å². The lowest BCUT2D eigenvalue weighted by molar-refractivity contribution is 0.333. The summed E-state index contributed by atoms with van der Waals surface area (Å²) < 4.78 is 5.29. The molecule has 0 saturated carbocycles. The van der Waals surface area contributed by atoms with Crippen LogP contribution in [0.5, 0.6) is 0 Å². The minimum Gasteiger partial charge on any atom is -0.361 e. The van der Waals surface area contributed by atoms with Crippen LogP contribution in [0.15, 0.2) is 4.52 Å². The number of hydrogen-bond acceptors (Lipinski definition) is 3. The summed E-state index contributed by atoms with van der Waals surface area (Å²) in [7, 11) is 0. The van der Waals surface area contributed by atoms with Gasteiger partial charge in [-0.05, 0) is 18.3 Å². The molecule has 1 aliphatic rings. The van der Waals surface area contributed by atoms with Crippen molar-refractivity contribution in [1.82, 2.24) is 5.16 Å². The lowest BCUT2D eigenvalue weighted by atomic mass is 9.81. The summed E-state index contributed by atoms with van der Waals surface area (Å²) in [6.07, 6.45) is 2.24. The first-order valence-electron chi connectivity index (χ1n) is 4.89. The zero-order chi connectivity index (χ0) is 9.42. The summed E-state index contributed by atoms with van der Waals surface area (Å²) in [6.45, 7) is 4.98. The van der Waals surface area contributed by atoms with Crippen LogP contribution in [0.2, 0.25) is 0 Å². The van der Waals surface area contributed by atoms with Gasteiger partial charge in [0.25, 0.3) is 0 Å². The fraction of sp³-hybridized carbons (Fsp3) is 0.700. The summed E-state index contributed by atoms with van der Waals surface area (Å²) in [4.78, 5) is 0. The lowest BCUT2D eigenvalue weighted by Crippen LogP contribution is -2.15. The van der Waals surface area contributed by atoms with Gasteiger partial charge in [-0.1, -0.05) is 19.0 Å². The van der Waals surface area contributed by atoms with E-state index in [1.165, 1.54) is 12.0 Å². The third-order valence-electron chi connectivity index (χ3n) is 2.85. The Morgan fingerprint density at radius 2 is 2.31 bits per heavy atom. The number of aromatic nitrogens is 1. The van der Waals surface area contributed by atoms with Crippen molar-refractivity contribution in [1.29, 1.82) is 0 Å². The third kappa shape index (κ3) is 1.37. The van der Waals surface area contributed by atoms with Crippen molar-refractivity contribution in [3.63, 3.8) is 0 Å². The van der Waals surface area contributed by atoms with Gasteiger partial charge in [0.1, 0.15) is 11.5 Å². The fourth-order valence-electron chi connectivity index (χ4n) is 2.34. The molecular weight excluding hydrogens is 164 g/mol. The molecule has 0 amide bonds. The molecule has 0 saturated heterocycles. The highest BCUT2D eigenvalue weighted by molar-refractivity contribution is 5.29. The van der Waals surface area contributed by atoms with Crippen LogP contribution in [0, 0.1) is 5.92 Å². The van der Waals surface area contributed by atoms with Gasteiger partial charge in [-0.25, -0.2) is 0 Å². The van der Waals surface area contributed by atoms with Crippen LogP contribution >= 0.6 is 0 Å². The molecule has 1 aliphatic carbocycles. The van der Waals surface area contributed by atoms with Gasteiger partial charge in [0.15, 0.2) is 0 Å². The molecule has 0 aromatic carbocycles. The zero-order valence-electron chi connectivity index (χ0n) is 8.21. The highest BCUT2D eigenvalue weighted by atomic mass is 16.5. The maximum atomic E-state index is 5.59. The van der Waals surface area contributed by atoms with Crippen molar-refractivity contribution in [3.05, 3.63) is 17.0 Å². The minimum absolute atomic E-state index is 0.498. The van der Waals surface area contributed by atoms with Crippen LogP contribution in [0.3, 0.4) is 0 Å². The molecule has 0 unspecified atom stereocenters. The second-order valence-electron chi connectivity index (χ2n) is 4.12. The molecular formula is C10H16N2O. The van der Waals surface area contributed by atoms with Crippen molar-refractivity contribution in [2.75, 3.05) is 0 Å². The Morgan fingerprint density at radius 3 is 3.00 bits per heavy atom. The standard InChI is InChI=1S/C10H16N2O/c1-6-3-7(2)10-8(5-11)12-13-9(10)4-6/h6-7H,3-5,11H2,1-2H3/t6-,7+/m1/s1. The highest BCUT2D eigenvalue weighted by Gasteiger charge is 2.27. The van der Waals surface area contributed by atoms with Crippen molar-refractivity contribution in [2.24, 2.45) is 11.7 Å². The second kappa shape index (κ2) is 3.14. The number of fused-ring (bicyclic) bond motifs is 1. The Bertz CT molecular complexity index is 306. The molecule has 3 nitrogen and oxygen atoms in total. The molecule has 0 spiro atoms. The smallest absolute Gasteiger partial charge is 0.140 e. The molecule has 3 heteroatoms. The molecule has 2 atom stereocenters. The first kappa shape index (κ1) is 8.75. The van der Waals surface area contributed by atoms with Crippen LogP contribution < -0.4 is 5.73 Å². The quantitative estimate of drug-likeness (QED) is 0.717. The molecule has 0 fully saturated rings. The van der Waals surface area contributed by atoms with Gasteiger partial charge in [-0.15, -0.1) is 0 Å². The van der Waals surface area contributed by atoms with E-state index in [0.29, 0.717) is 18.4 Å². The molecule has 1 aromatic heterocycles. The maximum absolute atomic E-state index is 5.59. The van der Waals surface area contributed by atoms with E-state index in [1.807, 2.05) is 0 Å². The van der Waals surface area contributed by atoms with E-state index in [0.717, 1.165) is 17.9 Å². The van der Waals surface area contributed by atoms with Gasteiger partial charge in [0, 0.05) is 18.5 Å². The van der Waals surface area contributed by atoms with Gasteiger partial charge >= 0.3 is 0 Å². The molecule has 1 heterocycles. The van der Waals surface area contributed by atoms with Crippen molar-refractivity contribution in [2.45, 2.75) is 39.2 Å². The van der Waals surface area contributed by atoms with Gasteiger partial charge in [0.2, 0.25) is 0 Å². The third-order valence-corrected chi connectivity index (χ3v) is 2.85. The average molecular weight is 180 g/mol. The molecule has 0 aliphatic heterocycles. The minimum atomic E-state index is 0.498. The Kier molecular flexibility index (Phi) is 2.12. The van der Waals surface area contributed by atoms with Crippen LogP contribution in [0.4, 0.5) is 0 Å². The summed E-state index contributed by atoms with van der Waals surface area (Å²) >= 11 is 0. The zero-order valence-corrected chi connectivity index (χ0v) is 8.21. The maximum Gasteiger partial charge on any atom is 0.140 e. The summed E-state index contributed by atoms with van der Waals surface area (Å²) in [5.41, 5.74) is 7.82. The van der Waals surface area contributed by atoms with Crippen LogP contribution in [0.1, 0.15) is 43.2 Å². The van der Waals surface area contributed by atoms with E-state index in [4.69, 9.17) is 10.3 Å². The Balaban J connectivity index is 2.40. The van der Waals surface area contributed by atoms with Gasteiger partial charge in [0.05, 0.1) is 0 Å². The average Bonchev–Trinajstić information content (AvgIpc) is 2.47. The van der Waals surface area contributed by atoms with Crippen LogP contribution in [0.25, 0.3) is 0 Å². The molecule has 72 valence electrons. The van der Waals surface area contributed by atoms with Gasteiger partial charge < -0.3 is 10.3 Å². The number of nitrogens with zero attached hydrogens (tertiary/aromatic N) is 1. The van der Waals surface area contributed by atoms with E-state index < -0.39 is 0 Å². The van der Waals surface area contributed by atoms with E-state index in [1.54, 1.807) is 0 Å². The van der Waals surface area contributed by atoms with Gasteiger partial charge in [-0.3, -0.25) is 0 Å². The largest absolute Gasteiger partial charge is 0.361 e. The monoisotopic (exact) mass is 180 g/mol. The summed E-state index contributed by atoms with van der Waals surface area (Å²) in [5, 5.41) is 4.00. The Morgan fingerprint density at radius 1 is 1.54 bits per heavy atom. The predicted molar refractivity (Wildman–Crippen MR) is 50.3 cm³/mol. The molecule has 13 heavy (non-hydrogen) atoms. The van der Waals surface area contributed by atoms with E-state index in [-0.39, 0.29) is 0 Å². The Hall–Kier alpha value is -0.830. The first-order chi connectivity index (χ1) is 6.22. The number of nitrogens with two attached hydrogens (primary N) is 1. The highest BCUT2D eigenvalue weighted by Crippen LogP contribution is 2.36. The van der Waals surface area contributed by atoms with Crippen LogP contribution in [-0.4, -0.2) is 5.16 Å². The van der Waals surface area contributed by atoms with Gasteiger partial charge in [-0.2, -0.15) is 0 Å². The fourth-order valence-corrected chi connectivity index (χ4v) is 2.34. The molecule has 0 bridgehead atoms.